The van der Waals surface area contributed by atoms with Gasteiger partial charge in [-0.05, 0) is 24.3 Å². The quantitative estimate of drug-likeness (QED) is 0.762. The zero-order chi connectivity index (χ0) is 16.1. The first-order chi connectivity index (χ1) is 11.2. The lowest BCUT2D eigenvalue weighted by Crippen LogP contribution is -2.20. The Morgan fingerprint density at radius 2 is 1.87 bits per heavy atom. The lowest BCUT2D eigenvalue weighted by atomic mass is 10.2. The second kappa shape index (κ2) is 7.21. The molecule has 0 unspecified atom stereocenters. The molecule has 2 aromatic carbocycles. The van der Waals surface area contributed by atoms with Crippen LogP contribution in [-0.2, 0) is 4.79 Å². The highest BCUT2D eigenvalue weighted by atomic mass is 35.5. The molecule has 1 amide bonds. The Morgan fingerprint density at radius 1 is 1.13 bits per heavy atom. The van der Waals surface area contributed by atoms with Gasteiger partial charge in [0.25, 0.3) is 5.91 Å². The van der Waals surface area contributed by atoms with Crippen molar-refractivity contribution in [1.82, 2.24) is 9.36 Å². The largest absolute Gasteiger partial charge is 0.484 e. The fourth-order valence-electron chi connectivity index (χ4n) is 1.81. The number of carbonyl (C=O) groups excluding carboxylic acids is 1. The first-order valence-corrected chi connectivity index (χ1v) is 7.93. The fourth-order valence-corrected chi connectivity index (χ4v) is 2.55. The second-order valence-electron chi connectivity index (χ2n) is 4.58. The highest BCUT2D eigenvalue weighted by Gasteiger charge is 2.10. The summed E-state index contributed by atoms with van der Waals surface area (Å²) in [5.41, 5.74) is 0.904. The molecule has 116 valence electrons. The molecule has 1 N–H and O–H groups in total. The molecule has 3 rings (SSSR count). The Bertz CT molecular complexity index is 791. The number of nitrogens with zero attached hydrogens (tertiary/aromatic N) is 2. The first-order valence-electron chi connectivity index (χ1n) is 6.78. The average Bonchev–Trinajstić information content (AvgIpc) is 3.04. The monoisotopic (exact) mass is 345 g/mol. The number of amides is 1. The maximum Gasteiger partial charge on any atom is 0.264 e. The van der Waals surface area contributed by atoms with Crippen LogP contribution in [0.1, 0.15) is 0 Å². The third-order valence-corrected chi connectivity index (χ3v) is 3.77. The van der Waals surface area contributed by atoms with E-state index in [-0.39, 0.29) is 12.5 Å². The van der Waals surface area contributed by atoms with Crippen molar-refractivity contribution in [2.45, 2.75) is 0 Å². The molecule has 7 heteroatoms. The van der Waals surface area contributed by atoms with Crippen molar-refractivity contribution in [3.05, 3.63) is 59.6 Å². The summed E-state index contributed by atoms with van der Waals surface area (Å²) in [5, 5.41) is 3.72. The number of aromatic nitrogens is 2. The Morgan fingerprint density at radius 3 is 2.61 bits per heavy atom. The van der Waals surface area contributed by atoms with Gasteiger partial charge < -0.3 is 4.74 Å². The second-order valence-corrected chi connectivity index (χ2v) is 5.77. The zero-order valence-corrected chi connectivity index (χ0v) is 13.5. The van der Waals surface area contributed by atoms with Gasteiger partial charge in [-0.2, -0.15) is 9.36 Å². The number of anilines is 1. The third-order valence-electron chi connectivity index (χ3n) is 2.89. The summed E-state index contributed by atoms with van der Waals surface area (Å²) in [6.45, 7) is -0.109. The van der Waals surface area contributed by atoms with Crippen molar-refractivity contribution in [3.63, 3.8) is 0 Å². The summed E-state index contributed by atoms with van der Waals surface area (Å²) in [6.07, 6.45) is 0. The van der Waals surface area contributed by atoms with Gasteiger partial charge in [-0.25, -0.2) is 0 Å². The van der Waals surface area contributed by atoms with Crippen LogP contribution < -0.4 is 10.1 Å². The molecule has 0 aliphatic rings. The van der Waals surface area contributed by atoms with E-state index in [9.17, 15) is 4.79 Å². The molecule has 0 saturated carbocycles. The van der Waals surface area contributed by atoms with Crippen molar-refractivity contribution in [3.8, 4) is 17.1 Å². The molecular weight excluding hydrogens is 334 g/mol. The van der Waals surface area contributed by atoms with Crippen LogP contribution in [0.4, 0.5) is 5.13 Å². The third kappa shape index (κ3) is 4.28. The standard InChI is InChI=1S/C16H12ClN3O2S/c17-12-6-8-13(9-7-12)22-10-14(21)18-16-19-15(20-23-16)11-4-2-1-3-5-11/h1-9H,10H2,(H,18,19,20,21). The molecule has 0 bridgehead atoms. The summed E-state index contributed by atoms with van der Waals surface area (Å²) >= 11 is 6.92. The van der Waals surface area contributed by atoms with Gasteiger partial charge in [-0.3, -0.25) is 10.1 Å². The van der Waals surface area contributed by atoms with Crippen molar-refractivity contribution in [2.24, 2.45) is 0 Å². The Hall–Kier alpha value is -2.44. The maximum atomic E-state index is 11.9. The van der Waals surface area contributed by atoms with Crippen molar-refractivity contribution in [1.29, 1.82) is 0 Å². The molecular formula is C16H12ClN3O2S. The minimum atomic E-state index is -0.296. The van der Waals surface area contributed by atoms with Gasteiger partial charge in [-0.15, -0.1) is 0 Å². The molecule has 3 aromatic rings. The predicted octanol–water partition coefficient (Wildman–Crippen LogP) is 3.88. The minimum Gasteiger partial charge on any atom is -0.484 e. The van der Waals surface area contributed by atoms with E-state index in [0.29, 0.717) is 21.7 Å². The molecule has 0 fully saturated rings. The summed E-state index contributed by atoms with van der Waals surface area (Å²) in [7, 11) is 0. The summed E-state index contributed by atoms with van der Waals surface area (Å²) in [6, 6.07) is 16.4. The van der Waals surface area contributed by atoms with Crippen LogP contribution in [0.2, 0.25) is 5.02 Å². The minimum absolute atomic E-state index is 0.109. The maximum absolute atomic E-state index is 11.9. The van der Waals surface area contributed by atoms with E-state index in [4.69, 9.17) is 16.3 Å². The van der Waals surface area contributed by atoms with Gasteiger partial charge in [0.05, 0.1) is 0 Å². The molecule has 1 aromatic heterocycles. The molecule has 0 saturated heterocycles. The molecule has 5 nitrogen and oxygen atoms in total. The molecule has 0 atom stereocenters. The Balaban J connectivity index is 1.56. The lowest BCUT2D eigenvalue weighted by molar-refractivity contribution is -0.118. The number of benzene rings is 2. The van der Waals surface area contributed by atoms with Gasteiger partial charge in [0.15, 0.2) is 12.4 Å². The Kier molecular flexibility index (Phi) is 4.85. The topological polar surface area (TPSA) is 64.1 Å². The number of rotatable bonds is 5. The number of ether oxygens (including phenoxy) is 1. The van der Waals surface area contributed by atoms with Crippen LogP contribution in [0.5, 0.6) is 5.75 Å². The van der Waals surface area contributed by atoms with Gasteiger partial charge in [0, 0.05) is 22.1 Å². The van der Waals surface area contributed by atoms with Crippen LogP contribution in [0.25, 0.3) is 11.4 Å². The van der Waals surface area contributed by atoms with E-state index in [1.54, 1.807) is 24.3 Å². The normalized spacial score (nSPS) is 10.3. The van der Waals surface area contributed by atoms with E-state index in [0.717, 1.165) is 17.1 Å². The van der Waals surface area contributed by atoms with Crippen LogP contribution >= 0.6 is 23.1 Å². The molecule has 0 aliphatic carbocycles. The first kappa shape index (κ1) is 15.5. The van der Waals surface area contributed by atoms with E-state index in [2.05, 4.69) is 14.7 Å². The van der Waals surface area contributed by atoms with Crippen LogP contribution in [0, 0.1) is 0 Å². The zero-order valence-electron chi connectivity index (χ0n) is 11.9. The van der Waals surface area contributed by atoms with Crippen LogP contribution in [-0.4, -0.2) is 21.9 Å². The van der Waals surface area contributed by atoms with E-state index < -0.39 is 0 Å². The fraction of sp³-hybridized carbons (Fsp3) is 0.0625. The molecule has 23 heavy (non-hydrogen) atoms. The molecule has 0 spiro atoms. The molecule has 0 radical (unpaired) electrons. The predicted molar refractivity (Wildman–Crippen MR) is 90.9 cm³/mol. The summed E-state index contributed by atoms with van der Waals surface area (Å²) in [5.74, 6) is 0.868. The van der Waals surface area contributed by atoms with Crippen LogP contribution in [0.3, 0.4) is 0 Å². The van der Waals surface area contributed by atoms with Gasteiger partial charge in [-0.1, -0.05) is 41.9 Å². The van der Waals surface area contributed by atoms with Crippen LogP contribution in [0.15, 0.2) is 54.6 Å². The smallest absolute Gasteiger partial charge is 0.264 e. The Labute approximate surface area is 142 Å². The van der Waals surface area contributed by atoms with E-state index >= 15 is 0 Å². The average molecular weight is 346 g/mol. The highest BCUT2D eigenvalue weighted by Crippen LogP contribution is 2.20. The number of carbonyl (C=O) groups is 1. The number of hydrogen-bond acceptors (Lipinski definition) is 5. The highest BCUT2D eigenvalue weighted by molar-refractivity contribution is 7.10. The molecule has 0 aliphatic heterocycles. The van der Waals surface area contributed by atoms with Gasteiger partial charge >= 0.3 is 0 Å². The summed E-state index contributed by atoms with van der Waals surface area (Å²) in [4.78, 5) is 16.2. The number of hydrogen-bond donors (Lipinski definition) is 1. The van der Waals surface area contributed by atoms with Crippen molar-refractivity contribution >= 4 is 34.2 Å². The van der Waals surface area contributed by atoms with Crippen molar-refractivity contribution < 1.29 is 9.53 Å². The van der Waals surface area contributed by atoms with E-state index in [1.807, 2.05) is 30.3 Å². The van der Waals surface area contributed by atoms with E-state index in [1.165, 1.54) is 0 Å². The van der Waals surface area contributed by atoms with Gasteiger partial charge in [0.1, 0.15) is 5.75 Å². The lowest BCUT2D eigenvalue weighted by Gasteiger charge is -2.05. The van der Waals surface area contributed by atoms with Crippen molar-refractivity contribution in [2.75, 3.05) is 11.9 Å². The molecule has 1 heterocycles. The SMILES string of the molecule is O=C(COc1ccc(Cl)cc1)Nc1nc(-c2ccccc2)ns1. The number of nitrogens with one attached hydrogen (secondary N) is 1. The summed E-state index contributed by atoms with van der Waals surface area (Å²) < 4.78 is 9.60. The van der Waals surface area contributed by atoms with Gasteiger partial charge in [0.2, 0.25) is 5.13 Å². The number of halogens is 1.